The first-order valence-electron chi connectivity index (χ1n) is 6.84. The summed E-state index contributed by atoms with van der Waals surface area (Å²) in [6.07, 6.45) is 1.52. The lowest BCUT2D eigenvalue weighted by Crippen LogP contribution is -2.35. The number of hydrogen-bond acceptors (Lipinski definition) is 4. The molecule has 1 aromatic heterocycles. The van der Waals surface area contributed by atoms with Gasteiger partial charge in [-0.25, -0.2) is 4.98 Å². The van der Waals surface area contributed by atoms with Crippen molar-refractivity contribution in [3.63, 3.8) is 0 Å². The molecule has 0 aliphatic heterocycles. The lowest BCUT2D eigenvalue weighted by Gasteiger charge is -2.21. The molecule has 0 bridgehead atoms. The molecule has 0 spiro atoms. The maximum absolute atomic E-state index is 6.08. The van der Waals surface area contributed by atoms with Crippen LogP contribution in [0.3, 0.4) is 0 Å². The van der Waals surface area contributed by atoms with Crippen molar-refractivity contribution in [1.82, 2.24) is 20.1 Å². The third-order valence-corrected chi connectivity index (χ3v) is 3.23. The van der Waals surface area contributed by atoms with Crippen LogP contribution in [0.15, 0.2) is 24.5 Å². The Morgan fingerprint density at radius 1 is 1.33 bits per heavy atom. The summed E-state index contributed by atoms with van der Waals surface area (Å²) in [5.74, 6) is 1.58. The minimum absolute atomic E-state index is 0.0309. The van der Waals surface area contributed by atoms with Crippen molar-refractivity contribution >= 4 is 11.6 Å². The zero-order chi connectivity index (χ0) is 15.5. The number of ether oxygens (including phenoxy) is 1. The van der Waals surface area contributed by atoms with Gasteiger partial charge < -0.3 is 10.1 Å². The minimum atomic E-state index is 0.0309. The highest BCUT2D eigenvalue weighted by molar-refractivity contribution is 6.30. The SMILES string of the molecule is Cn1ncnc1COc1ccc(Cl)cc1CNC(C)(C)C. The Hall–Kier alpha value is -1.59. The molecule has 0 radical (unpaired) electrons. The highest BCUT2D eigenvalue weighted by atomic mass is 35.5. The van der Waals surface area contributed by atoms with E-state index in [0.717, 1.165) is 17.1 Å². The second-order valence-electron chi connectivity index (χ2n) is 5.94. The fraction of sp³-hybridized carbons (Fsp3) is 0.467. The van der Waals surface area contributed by atoms with Crippen molar-refractivity contribution in [1.29, 1.82) is 0 Å². The van der Waals surface area contributed by atoms with Gasteiger partial charge in [0.15, 0.2) is 5.82 Å². The summed E-state index contributed by atoms with van der Waals surface area (Å²) in [7, 11) is 1.84. The van der Waals surface area contributed by atoms with E-state index >= 15 is 0 Å². The van der Waals surface area contributed by atoms with E-state index in [4.69, 9.17) is 16.3 Å². The lowest BCUT2D eigenvalue weighted by molar-refractivity contribution is 0.284. The van der Waals surface area contributed by atoms with Crippen LogP contribution >= 0.6 is 11.6 Å². The Bertz CT molecular complexity index is 604. The highest BCUT2D eigenvalue weighted by Gasteiger charge is 2.12. The molecule has 6 heteroatoms. The Morgan fingerprint density at radius 3 is 2.71 bits per heavy atom. The number of hydrogen-bond donors (Lipinski definition) is 1. The van der Waals surface area contributed by atoms with Crippen LogP contribution < -0.4 is 10.1 Å². The summed E-state index contributed by atoms with van der Waals surface area (Å²) in [5.41, 5.74) is 1.06. The Kier molecular flexibility index (Phi) is 4.85. The number of nitrogens with one attached hydrogen (secondary N) is 1. The molecule has 0 unspecified atom stereocenters. The van der Waals surface area contributed by atoms with Crippen LogP contribution in [0.4, 0.5) is 0 Å². The molecule has 1 N–H and O–H groups in total. The van der Waals surface area contributed by atoms with Gasteiger partial charge in [0.1, 0.15) is 18.7 Å². The predicted octanol–water partition coefficient (Wildman–Crippen LogP) is 2.94. The average Bonchev–Trinajstić information content (AvgIpc) is 2.80. The zero-order valence-corrected chi connectivity index (χ0v) is 13.6. The van der Waals surface area contributed by atoms with E-state index in [1.807, 2.05) is 25.2 Å². The van der Waals surface area contributed by atoms with Crippen molar-refractivity contribution in [2.45, 2.75) is 39.5 Å². The third-order valence-electron chi connectivity index (χ3n) is 2.99. The lowest BCUT2D eigenvalue weighted by atomic mass is 10.1. The van der Waals surface area contributed by atoms with Crippen molar-refractivity contribution in [2.24, 2.45) is 7.05 Å². The molecule has 2 rings (SSSR count). The highest BCUT2D eigenvalue weighted by Crippen LogP contribution is 2.24. The van der Waals surface area contributed by atoms with E-state index in [2.05, 4.69) is 36.2 Å². The van der Waals surface area contributed by atoms with E-state index in [0.29, 0.717) is 18.2 Å². The number of aryl methyl sites for hydroxylation is 1. The van der Waals surface area contributed by atoms with E-state index in [1.54, 1.807) is 4.68 Å². The summed E-state index contributed by atoms with van der Waals surface area (Å²) in [4.78, 5) is 4.15. The van der Waals surface area contributed by atoms with E-state index in [-0.39, 0.29) is 5.54 Å². The van der Waals surface area contributed by atoms with Crippen molar-refractivity contribution in [2.75, 3.05) is 0 Å². The molecule has 21 heavy (non-hydrogen) atoms. The molecule has 114 valence electrons. The predicted molar refractivity (Wildman–Crippen MR) is 83.4 cm³/mol. The number of benzene rings is 1. The number of rotatable bonds is 5. The molecule has 0 saturated heterocycles. The zero-order valence-electron chi connectivity index (χ0n) is 12.9. The fourth-order valence-electron chi connectivity index (χ4n) is 1.78. The molecule has 0 atom stereocenters. The van der Waals surface area contributed by atoms with Crippen LogP contribution in [-0.4, -0.2) is 20.3 Å². The molecule has 1 aromatic carbocycles. The summed E-state index contributed by atoms with van der Waals surface area (Å²) >= 11 is 6.08. The first-order valence-corrected chi connectivity index (χ1v) is 7.22. The molecular weight excluding hydrogens is 288 g/mol. The van der Waals surface area contributed by atoms with E-state index in [1.165, 1.54) is 6.33 Å². The first kappa shape index (κ1) is 15.8. The fourth-order valence-corrected chi connectivity index (χ4v) is 1.98. The van der Waals surface area contributed by atoms with E-state index < -0.39 is 0 Å². The van der Waals surface area contributed by atoms with Gasteiger partial charge in [0.25, 0.3) is 0 Å². The largest absolute Gasteiger partial charge is 0.485 e. The maximum Gasteiger partial charge on any atom is 0.164 e. The molecule has 1 heterocycles. The number of nitrogens with zero attached hydrogens (tertiary/aromatic N) is 3. The quantitative estimate of drug-likeness (QED) is 0.922. The third kappa shape index (κ3) is 4.72. The van der Waals surface area contributed by atoms with Crippen LogP contribution in [0.25, 0.3) is 0 Å². The van der Waals surface area contributed by atoms with Crippen LogP contribution in [0.5, 0.6) is 5.75 Å². The van der Waals surface area contributed by atoms with Crippen LogP contribution in [0, 0.1) is 0 Å². The van der Waals surface area contributed by atoms with Crippen molar-refractivity contribution < 1.29 is 4.74 Å². The van der Waals surface area contributed by atoms with Gasteiger partial charge in [-0.2, -0.15) is 5.10 Å². The van der Waals surface area contributed by atoms with Crippen LogP contribution in [0.2, 0.25) is 5.02 Å². The second-order valence-corrected chi connectivity index (χ2v) is 6.38. The van der Waals surface area contributed by atoms with Crippen LogP contribution in [0.1, 0.15) is 32.2 Å². The molecule has 5 nitrogen and oxygen atoms in total. The number of halogens is 1. The average molecular weight is 309 g/mol. The first-order chi connectivity index (χ1) is 9.85. The van der Waals surface area contributed by atoms with Gasteiger partial charge >= 0.3 is 0 Å². The van der Waals surface area contributed by atoms with Crippen molar-refractivity contribution in [3.8, 4) is 5.75 Å². The summed E-state index contributed by atoms with van der Waals surface area (Å²) in [6.45, 7) is 7.44. The Labute approximate surface area is 130 Å². The monoisotopic (exact) mass is 308 g/mol. The van der Waals surface area contributed by atoms with Gasteiger partial charge in [0.05, 0.1) is 0 Å². The van der Waals surface area contributed by atoms with E-state index in [9.17, 15) is 0 Å². The molecular formula is C15H21ClN4O. The molecule has 0 saturated carbocycles. The second kappa shape index (κ2) is 6.45. The smallest absolute Gasteiger partial charge is 0.164 e. The standard InChI is InChI=1S/C15H21ClN4O/c1-15(2,3)18-8-11-7-12(16)5-6-13(11)21-9-14-17-10-19-20(14)4/h5-7,10,18H,8-9H2,1-4H3. The van der Waals surface area contributed by atoms with Crippen LogP contribution in [-0.2, 0) is 20.2 Å². The van der Waals surface area contributed by atoms with Gasteiger partial charge in [0.2, 0.25) is 0 Å². The summed E-state index contributed by atoms with van der Waals surface area (Å²) in [5, 5.41) is 8.17. The van der Waals surface area contributed by atoms with Gasteiger partial charge in [-0.15, -0.1) is 0 Å². The van der Waals surface area contributed by atoms with Crippen molar-refractivity contribution in [3.05, 3.63) is 40.9 Å². The Morgan fingerprint density at radius 2 is 2.10 bits per heavy atom. The van der Waals surface area contributed by atoms with Gasteiger partial charge in [-0.1, -0.05) is 11.6 Å². The van der Waals surface area contributed by atoms with Gasteiger partial charge in [-0.05, 0) is 39.0 Å². The molecule has 0 fully saturated rings. The minimum Gasteiger partial charge on any atom is -0.485 e. The summed E-state index contributed by atoms with van der Waals surface area (Å²) < 4.78 is 7.56. The summed E-state index contributed by atoms with van der Waals surface area (Å²) in [6, 6.07) is 5.64. The maximum atomic E-state index is 6.08. The molecule has 2 aromatic rings. The Balaban J connectivity index is 2.09. The number of aromatic nitrogens is 3. The van der Waals surface area contributed by atoms with Gasteiger partial charge in [0, 0.05) is 29.7 Å². The van der Waals surface area contributed by atoms with Gasteiger partial charge in [-0.3, -0.25) is 4.68 Å². The molecule has 0 aliphatic rings. The topological polar surface area (TPSA) is 52.0 Å². The normalized spacial score (nSPS) is 11.7. The molecule has 0 aliphatic carbocycles. The molecule has 0 amide bonds.